The minimum absolute atomic E-state index is 0.421. The molecular formula is C12H16ClNOS. The van der Waals surface area contributed by atoms with Gasteiger partial charge in [0, 0.05) is 29.6 Å². The average Bonchev–Trinajstić information content (AvgIpc) is 2.30. The third kappa shape index (κ3) is 2.92. The molecule has 0 saturated heterocycles. The van der Waals surface area contributed by atoms with Crippen molar-refractivity contribution < 1.29 is 4.74 Å². The molecule has 1 aromatic carbocycles. The van der Waals surface area contributed by atoms with Crippen LogP contribution < -0.4 is 5.32 Å². The van der Waals surface area contributed by atoms with Gasteiger partial charge in [-0.05, 0) is 35.9 Å². The Balaban J connectivity index is 2.09. The molecule has 1 heterocycles. The zero-order chi connectivity index (χ0) is 11.4. The molecule has 2 nitrogen and oxygen atoms in total. The minimum atomic E-state index is 0.421. The first-order valence-corrected chi connectivity index (χ1v) is 6.82. The number of rotatable bonds is 4. The van der Waals surface area contributed by atoms with E-state index < -0.39 is 0 Å². The number of hydrogen-bond donors (Lipinski definition) is 1. The topological polar surface area (TPSA) is 21.3 Å². The molecule has 0 spiro atoms. The largest absolute Gasteiger partial charge is 0.383 e. The van der Waals surface area contributed by atoms with Crippen molar-refractivity contribution in [2.75, 3.05) is 26.0 Å². The Kier molecular flexibility index (Phi) is 4.53. The van der Waals surface area contributed by atoms with E-state index in [0.717, 1.165) is 24.6 Å². The van der Waals surface area contributed by atoms with Crippen LogP contribution in [0.4, 0.5) is 0 Å². The van der Waals surface area contributed by atoms with Crippen molar-refractivity contribution in [2.24, 2.45) is 0 Å². The van der Waals surface area contributed by atoms with Gasteiger partial charge in [-0.2, -0.15) is 0 Å². The highest BCUT2D eigenvalue weighted by atomic mass is 35.5. The molecular weight excluding hydrogens is 242 g/mol. The van der Waals surface area contributed by atoms with E-state index in [4.69, 9.17) is 16.3 Å². The molecule has 4 heteroatoms. The SMILES string of the molecule is COCCNC1CCSc2ccc(Cl)cc21. The van der Waals surface area contributed by atoms with E-state index in [1.54, 1.807) is 7.11 Å². The third-order valence-electron chi connectivity index (χ3n) is 2.71. The van der Waals surface area contributed by atoms with Gasteiger partial charge in [0.2, 0.25) is 0 Å². The van der Waals surface area contributed by atoms with Crippen molar-refractivity contribution in [1.82, 2.24) is 5.32 Å². The number of fused-ring (bicyclic) bond motifs is 1. The monoisotopic (exact) mass is 257 g/mol. The second-order valence-electron chi connectivity index (χ2n) is 3.82. The molecule has 0 aliphatic carbocycles. The molecule has 16 heavy (non-hydrogen) atoms. The second-order valence-corrected chi connectivity index (χ2v) is 5.39. The van der Waals surface area contributed by atoms with Crippen molar-refractivity contribution in [2.45, 2.75) is 17.4 Å². The standard InChI is InChI=1S/C12H16ClNOS/c1-15-6-5-14-11-4-7-16-12-3-2-9(13)8-10(11)12/h2-3,8,11,14H,4-7H2,1H3. The van der Waals surface area contributed by atoms with Crippen LogP contribution in [0.3, 0.4) is 0 Å². The Labute approximate surface area is 106 Å². The first-order valence-electron chi connectivity index (χ1n) is 5.46. The van der Waals surface area contributed by atoms with Crippen molar-refractivity contribution >= 4 is 23.4 Å². The zero-order valence-electron chi connectivity index (χ0n) is 9.33. The van der Waals surface area contributed by atoms with E-state index in [9.17, 15) is 0 Å². The van der Waals surface area contributed by atoms with E-state index in [1.165, 1.54) is 16.2 Å². The Bertz CT molecular complexity index is 359. The van der Waals surface area contributed by atoms with E-state index in [-0.39, 0.29) is 0 Å². The maximum absolute atomic E-state index is 6.04. The van der Waals surface area contributed by atoms with Gasteiger partial charge in [0.1, 0.15) is 0 Å². The van der Waals surface area contributed by atoms with E-state index >= 15 is 0 Å². The van der Waals surface area contributed by atoms with E-state index in [0.29, 0.717) is 6.04 Å². The summed E-state index contributed by atoms with van der Waals surface area (Å²) in [5, 5.41) is 4.33. The molecule has 2 rings (SSSR count). The Morgan fingerprint density at radius 2 is 2.44 bits per heavy atom. The lowest BCUT2D eigenvalue weighted by atomic mass is 10.0. The van der Waals surface area contributed by atoms with Crippen LogP contribution in [-0.4, -0.2) is 26.0 Å². The minimum Gasteiger partial charge on any atom is -0.383 e. The van der Waals surface area contributed by atoms with Gasteiger partial charge in [0.15, 0.2) is 0 Å². The fourth-order valence-electron chi connectivity index (χ4n) is 1.91. The summed E-state index contributed by atoms with van der Waals surface area (Å²) in [5.74, 6) is 1.17. The summed E-state index contributed by atoms with van der Waals surface area (Å²) in [5.41, 5.74) is 1.33. The average molecular weight is 258 g/mol. The highest BCUT2D eigenvalue weighted by Gasteiger charge is 2.20. The zero-order valence-corrected chi connectivity index (χ0v) is 10.9. The van der Waals surface area contributed by atoms with Gasteiger partial charge in [-0.25, -0.2) is 0 Å². The molecule has 0 bridgehead atoms. The van der Waals surface area contributed by atoms with Gasteiger partial charge < -0.3 is 10.1 Å². The van der Waals surface area contributed by atoms with Gasteiger partial charge in [0.05, 0.1) is 6.61 Å². The smallest absolute Gasteiger partial charge is 0.0587 e. The predicted octanol–water partition coefficient (Wildman–Crippen LogP) is 3.11. The van der Waals surface area contributed by atoms with Crippen molar-refractivity contribution in [3.8, 4) is 0 Å². The van der Waals surface area contributed by atoms with Crippen LogP contribution in [0.1, 0.15) is 18.0 Å². The second kappa shape index (κ2) is 5.92. The Morgan fingerprint density at radius 1 is 1.56 bits per heavy atom. The first-order chi connectivity index (χ1) is 7.81. The molecule has 1 aliphatic heterocycles. The molecule has 0 saturated carbocycles. The number of benzene rings is 1. The molecule has 0 aromatic heterocycles. The molecule has 1 N–H and O–H groups in total. The van der Waals surface area contributed by atoms with E-state index in [1.807, 2.05) is 17.8 Å². The van der Waals surface area contributed by atoms with E-state index in [2.05, 4.69) is 17.4 Å². The van der Waals surface area contributed by atoms with Crippen LogP contribution in [0.15, 0.2) is 23.1 Å². The highest BCUT2D eigenvalue weighted by Crippen LogP contribution is 2.37. The molecule has 1 aliphatic rings. The Morgan fingerprint density at radius 3 is 3.25 bits per heavy atom. The lowest BCUT2D eigenvalue weighted by Gasteiger charge is -2.26. The van der Waals surface area contributed by atoms with Crippen molar-refractivity contribution in [3.05, 3.63) is 28.8 Å². The molecule has 1 unspecified atom stereocenters. The maximum atomic E-state index is 6.04. The fraction of sp³-hybridized carbons (Fsp3) is 0.500. The summed E-state index contributed by atoms with van der Waals surface area (Å²) in [6.07, 6.45) is 1.15. The summed E-state index contributed by atoms with van der Waals surface area (Å²) in [4.78, 5) is 1.35. The van der Waals surface area contributed by atoms with Crippen LogP contribution in [-0.2, 0) is 4.74 Å². The fourth-order valence-corrected chi connectivity index (χ4v) is 3.20. The molecule has 0 radical (unpaired) electrons. The number of nitrogens with one attached hydrogen (secondary N) is 1. The summed E-state index contributed by atoms with van der Waals surface area (Å²) < 4.78 is 5.05. The number of thioether (sulfide) groups is 1. The summed E-state index contributed by atoms with van der Waals surface area (Å²) in [7, 11) is 1.73. The van der Waals surface area contributed by atoms with Crippen molar-refractivity contribution in [1.29, 1.82) is 0 Å². The van der Waals surface area contributed by atoms with Crippen LogP contribution in [0, 0.1) is 0 Å². The van der Waals surface area contributed by atoms with Crippen LogP contribution >= 0.6 is 23.4 Å². The normalized spacial score (nSPS) is 19.5. The van der Waals surface area contributed by atoms with Gasteiger partial charge >= 0.3 is 0 Å². The number of hydrogen-bond acceptors (Lipinski definition) is 3. The third-order valence-corrected chi connectivity index (χ3v) is 4.07. The predicted molar refractivity (Wildman–Crippen MR) is 69.4 cm³/mol. The van der Waals surface area contributed by atoms with Crippen LogP contribution in [0.5, 0.6) is 0 Å². The molecule has 1 atom stereocenters. The summed E-state index contributed by atoms with van der Waals surface area (Å²) in [6.45, 7) is 1.64. The number of ether oxygens (including phenoxy) is 1. The lowest BCUT2D eigenvalue weighted by Crippen LogP contribution is -2.27. The van der Waals surface area contributed by atoms with Gasteiger partial charge in [0.25, 0.3) is 0 Å². The van der Waals surface area contributed by atoms with Crippen LogP contribution in [0.2, 0.25) is 5.02 Å². The maximum Gasteiger partial charge on any atom is 0.0587 e. The highest BCUT2D eigenvalue weighted by molar-refractivity contribution is 7.99. The quantitative estimate of drug-likeness (QED) is 0.838. The molecule has 88 valence electrons. The number of methoxy groups -OCH3 is 1. The first kappa shape index (κ1) is 12.2. The van der Waals surface area contributed by atoms with Gasteiger partial charge in [-0.15, -0.1) is 11.8 Å². The van der Waals surface area contributed by atoms with Gasteiger partial charge in [-0.3, -0.25) is 0 Å². The lowest BCUT2D eigenvalue weighted by molar-refractivity contribution is 0.195. The Hall–Kier alpha value is -0.220. The summed E-state index contributed by atoms with van der Waals surface area (Å²) >= 11 is 7.95. The molecule has 0 fully saturated rings. The van der Waals surface area contributed by atoms with Crippen LogP contribution in [0.25, 0.3) is 0 Å². The van der Waals surface area contributed by atoms with Crippen molar-refractivity contribution in [3.63, 3.8) is 0 Å². The van der Waals surface area contributed by atoms with Gasteiger partial charge in [-0.1, -0.05) is 11.6 Å². The summed E-state index contributed by atoms with van der Waals surface area (Å²) in [6, 6.07) is 6.58. The number of halogens is 1. The molecule has 1 aromatic rings. The molecule has 0 amide bonds.